The van der Waals surface area contributed by atoms with Gasteiger partial charge in [0.15, 0.2) is 0 Å². The van der Waals surface area contributed by atoms with Crippen LogP contribution in [0.5, 0.6) is 0 Å². The van der Waals surface area contributed by atoms with Crippen molar-refractivity contribution in [3.63, 3.8) is 0 Å². The number of carbonyl (C=O) groups is 1. The Labute approximate surface area is 114 Å². The van der Waals surface area contributed by atoms with E-state index in [2.05, 4.69) is 26.6 Å². The monoisotopic (exact) mass is 314 g/mol. The lowest BCUT2D eigenvalue weighted by Crippen LogP contribution is -2.41. The van der Waals surface area contributed by atoms with Crippen LogP contribution in [-0.4, -0.2) is 25.0 Å². The van der Waals surface area contributed by atoms with Crippen LogP contribution in [0.1, 0.15) is 29.6 Å². The van der Waals surface area contributed by atoms with Gasteiger partial charge >= 0.3 is 0 Å². The molecule has 1 aromatic carbocycles. The normalized spacial score (nSPS) is 20.2. The van der Waals surface area contributed by atoms with Gasteiger partial charge in [0.2, 0.25) is 0 Å². The van der Waals surface area contributed by atoms with E-state index >= 15 is 0 Å². The maximum atomic E-state index is 13.6. The van der Waals surface area contributed by atoms with Crippen LogP contribution < -0.4 is 10.6 Å². The lowest BCUT2D eigenvalue weighted by Gasteiger charge is -2.16. The molecule has 1 heterocycles. The second kappa shape index (κ2) is 6.29. The average molecular weight is 315 g/mol. The highest BCUT2D eigenvalue weighted by Gasteiger charge is 2.17. The molecule has 0 aromatic heterocycles. The predicted octanol–water partition coefficient (Wildman–Crippen LogP) is 2.46. The van der Waals surface area contributed by atoms with Crippen LogP contribution >= 0.6 is 15.9 Å². The number of hydrogen-bond acceptors (Lipinski definition) is 2. The van der Waals surface area contributed by atoms with Crippen LogP contribution in [0.4, 0.5) is 4.39 Å². The van der Waals surface area contributed by atoms with Crippen molar-refractivity contribution >= 4 is 21.8 Å². The maximum Gasteiger partial charge on any atom is 0.254 e. The van der Waals surface area contributed by atoms with Crippen molar-refractivity contribution < 1.29 is 9.18 Å². The highest BCUT2D eigenvalue weighted by molar-refractivity contribution is 9.10. The molecule has 98 valence electrons. The second-order valence-electron chi connectivity index (χ2n) is 4.49. The van der Waals surface area contributed by atoms with Gasteiger partial charge in [-0.3, -0.25) is 4.79 Å². The first-order chi connectivity index (χ1) is 8.66. The van der Waals surface area contributed by atoms with E-state index in [1.165, 1.54) is 12.1 Å². The Balaban J connectivity index is 2.02. The van der Waals surface area contributed by atoms with E-state index in [1.807, 2.05) is 0 Å². The van der Waals surface area contributed by atoms with E-state index in [4.69, 9.17) is 0 Å². The van der Waals surface area contributed by atoms with E-state index in [-0.39, 0.29) is 17.5 Å². The summed E-state index contributed by atoms with van der Waals surface area (Å²) in [5, 5.41) is 6.14. The minimum Gasteiger partial charge on any atom is -0.348 e. The van der Waals surface area contributed by atoms with E-state index in [9.17, 15) is 9.18 Å². The topological polar surface area (TPSA) is 41.1 Å². The van der Waals surface area contributed by atoms with Gasteiger partial charge in [0, 0.05) is 17.1 Å². The molecule has 5 heteroatoms. The van der Waals surface area contributed by atoms with Crippen molar-refractivity contribution in [1.82, 2.24) is 10.6 Å². The molecule has 18 heavy (non-hydrogen) atoms. The third-order valence-electron chi connectivity index (χ3n) is 3.06. The lowest BCUT2D eigenvalue weighted by atomic mass is 10.1. The van der Waals surface area contributed by atoms with Gasteiger partial charge in [0.1, 0.15) is 5.82 Å². The molecular formula is C13H16BrFN2O. The van der Waals surface area contributed by atoms with Crippen LogP contribution in [0.2, 0.25) is 0 Å². The molecule has 1 fully saturated rings. The van der Waals surface area contributed by atoms with E-state index in [1.54, 1.807) is 6.07 Å². The predicted molar refractivity (Wildman–Crippen MR) is 72.1 cm³/mol. The molecule has 0 radical (unpaired) electrons. The van der Waals surface area contributed by atoms with Gasteiger partial charge in [-0.2, -0.15) is 0 Å². The van der Waals surface area contributed by atoms with Gasteiger partial charge in [-0.15, -0.1) is 0 Å². The molecule has 1 aliphatic rings. The van der Waals surface area contributed by atoms with Crippen molar-refractivity contribution in [2.24, 2.45) is 0 Å². The van der Waals surface area contributed by atoms with E-state index < -0.39 is 5.82 Å². The first-order valence-electron chi connectivity index (χ1n) is 6.13. The summed E-state index contributed by atoms with van der Waals surface area (Å²) >= 11 is 3.17. The largest absolute Gasteiger partial charge is 0.348 e. The molecule has 0 spiro atoms. The maximum absolute atomic E-state index is 13.6. The van der Waals surface area contributed by atoms with Crippen molar-refractivity contribution in [2.75, 3.05) is 13.1 Å². The van der Waals surface area contributed by atoms with E-state index in [0.29, 0.717) is 4.47 Å². The molecular weight excluding hydrogens is 299 g/mol. The first kappa shape index (κ1) is 13.5. The molecule has 0 aliphatic carbocycles. The summed E-state index contributed by atoms with van der Waals surface area (Å²) in [4.78, 5) is 12.0. The Bertz CT molecular complexity index is 431. The van der Waals surface area contributed by atoms with Crippen molar-refractivity contribution in [1.29, 1.82) is 0 Å². The van der Waals surface area contributed by atoms with Crippen LogP contribution in [0, 0.1) is 5.82 Å². The summed E-state index contributed by atoms with van der Waals surface area (Å²) in [5.74, 6) is -0.836. The smallest absolute Gasteiger partial charge is 0.254 e. The second-order valence-corrected chi connectivity index (χ2v) is 5.41. The lowest BCUT2D eigenvalue weighted by molar-refractivity contribution is 0.0931. The minimum absolute atomic E-state index is 0.0862. The molecule has 1 aliphatic heterocycles. The molecule has 1 unspecified atom stereocenters. The Kier molecular flexibility index (Phi) is 4.72. The first-order valence-corrected chi connectivity index (χ1v) is 6.93. The van der Waals surface area contributed by atoms with Crippen LogP contribution in [0.15, 0.2) is 22.7 Å². The SMILES string of the molecule is O=C(NC1CCCCNC1)c1ccc(Br)cc1F. The fourth-order valence-electron chi connectivity index (χ4n) is 2.08. The number of nitrogens with one attached hydrogen (secondary N) is 2. The van der Waals surface area contributed by atoms with E-state index in [0.717, 1.165) is 32.4 Å². The molecule has 1 atom stereocenters. The van der Waals surface area contributed by atoms with Gasteiger partial charge in [-0.25, -0.2) is 4.39 Å². The van der Waals surface area contributed by atoms with Crippen LogP contribution in [0.25, 0.3) is 0 Å². The molecule has 1 amide bonds. The van der Waals surface area contributed by atoms with Gasteiger partial charge in [-0.05, 0) is 37.6 Å². The quantitative estimate of drug-likeness (QED) is 0.880. The molecule has 2 rings (SSSR count). The molecule has 0 bridgehead atoms. The van der Waals surface area contributed by atoms with Crippen molar-refractivity contribution in [3.05, 3.63) is 34.1 Å². The summed E-state index contributed by atoms with van der Waals surface area (Å²) in [6, 6.07) is 4.56. The molecule has 1 aromatic rings. The molecule has 3 nitrogen and oxygen atoms in total. The Morgan fingerprint density at radius 3 is 3.06 bits per heavy atom. The molecule has 2 N–H and O–H groups in total. The zero-order chi connectivity index (χ0) is 13.0. The molecule has 0 saturated carbocycles. The number of halogens is 2. The minimum atomic E-state index is -0.497. The van der Waals surface area contributed by atoms with Gasteiger partial charge < -0.3 is 10.6 Å². The third-order valence-corrected chi connectivity index (χ3v) is 3.55. The number of amides is 1. The fourth-order valence-corrected chi connectivity index (χ4v) is 2.41. The number of rotatable bonds is 2. The zero-order valence-electron chi connectivity index (χ0n) is 10.0. The standard InChI is InChI=1S/C13H16BrFN2O/c14-9-4-5-11(12(15)7-9)13(18)17-10-3-1-2-6-16-8-10/h4-5,7,10,16H,1-3,6,8H2,(H,17,18). The van der Waals surface area contributed by atoms with Gasteiger partial charge in [0.05, 0.1) is 5.56 Å². The fraction of sp³-hybridized carbons (Fsp3) is 0.462. The summed E-state index contributed by atoms with van der Waals surface area (Å²) in [7, 11) is 0. The van der Waals surface area contributed by atoms with Gasteiger partial charge in [-0.1, -0.05) is 22.4 Å². The summed E-state index contributed by atoms with van der Waals surface area (Å²) in [6.07, 6.45) is 3.15. The third kappa shape index (κ3) is 3.53. The number of hydrogen-bond donors (Lipinski definition) is 2. The number of benzene rings is 1. The Morgan fingerprint density at radius 2 is 2.28 bits per heavy atom. The highest BCUT2D eigenvalue weighted by Crippen LogP contribution is 2.15. The Hall–Kier alpha value is -0.940. The zero-order valence-corrected chi connectivity index (χ0v) is 11.6. The highest BCUT2D eigenvalue weighted by atomic mass is 79.9. The average Bonchev–Trinajstić information content (AvgIpc) is 2.57. The van der Waals surface area contributed by atoms with Crippen molar-refractivity contribution in [2.45, 2.75) is 25.3 Å². The summed E-state index contributed by atoms with van der Waals surface area (Å²) < 4.78 is 14.3. The molecule has 1 saturated heterocycles. The summed E-state index contributed by atoms with van der Waals surface area (Å²) in [6.45, 7) is 1.74. The van der Waals surface area contributed by atoms with Gasteiger partial charge in [0.25, 0.3) is 5.91 Å². The Morgan fingerprint density at radius 1 is 1.44 bits per heavy atom. The summed E-state index contributed by atoms with van der Waals surface area (Å²) in [5.41, 5.74) is 0.0995. The van der Waals surface area contributed by atoms with Crippen LogP contribution in [0.3, 0.4) is 0 Å². The van der Waals surface area contributed by atoms with Crippen LogP contribution in [-0.2, 0) is 0 Å². The van der Waals surface area contributed by atoms with Crippen molar-refractivity contribution in [3.8, 4) is 0 Å². The number of carbonyl (C=O) groups excluding carboxylic acids is 1.